The van der Waals surface area contributed by atoms with E-state index >= 15 is 0 Å². The number of fused-ring (bicyclic) bond motifs is 3. The average Bonchev–Trinajstić information content (AvgIpc) is 3.41. The standard InChI is InChI=1S/C20H29N7O2/c1-4-13-10-14(29-20(28)22-7-5-9-26(2)3)11-15(13)19-25-24-17-12-23-18-16(27(17)19)6-8-21-18/h6,8,12-15,21H,4-5,7,9-11H2,1-3H3,(H,22,28)/t13-,14+,15+/m1/s1. The minimum atomic E-state index is -0.326. The first-order chi connectivity index (χ1) is 14.1. The first kappa shape index (κ1) is 19.6. The van der Waals surface area contributed by atoms with Crippen LogP contribution < -0.4 is 5.32 Å². The van der Waals surface area contributed by atoms with E-state index in [4.69, 9.17) is 4.74 Å². The number of alkyl carbamates (subject to hydrolysis) is 1. The molecule has 0 saturated heterocycles. The Morgan fingerprint density at radius 1 is 1.38 bits per heavy atom. The van der Waals surface area contributed by atoms with Gasteiger partial charge in [0.2, 0.25) is 0 Å². The van der Waals surface area contributed by atoms with Crippen molar-refractivity contribution < 1.29 is 9.53 Å². The van der Waals surface area contributed by atoms with Crippen LogP contribution in [-0.2, 0) is 4.74 Å². The van der Waals surface area contributed by atoms with Crippen molar-refractivity contribution in [2.24, 2.45) is 5.92 Å². The minimum absolute atomic E-state index is 0.102. The quantitative estimate of drug-likeness (QED) is 0.592. The van der Waals surface area contributed by atoms with Gasteiger partial charge in [-0.1, -0.05) is 13.3 Å². The normalized spacial score (nSPS) is 22.0. The average molecular weight is 399 g/mol. The number of carbonyl (C=O) groups excluding carboxylic acids is 1. The van der Waals surface area contributed by atoms with Gasteiger partial charge in [-0.05, 0) is 51.9 Å². The number of amides is 1. The molecular formula is C20H29N7O2. The lowest BCUT2D eigenvalue weighted by Crippen LogP contribution is -2.30. The van der Waals surface area contributed by atoms with Gasteiger partial charge in [0.15, 0.2) is 11.3 Å². The first-order valence-electron chi connectivity index (χ1n) is 10.3. The van der Waals surface area contributed by atoms with Gasteiger partial charge in [0.05, 0.1) is 11.7 Å². The second kappa shape index (κ2) is 8.36. The highest BCUT2D eigenvalue weighted by atomic mass is 16.6. The number of hydrogen-bond donors (Lipinski definition) is 2. The highest BCUT2D eigenvalue weighted by Gasteiger charge is 2.39. The van der Waals surface area contributed by atoms with Crippen LogP contribution >= 0.6 is 0 Å². The third-order valence-electron chi connectivity index (χ3n) is 5.80. The highest BCUT2D eigenvalue weighted by molar-refractivity contribution is 5.74. The largest absolute Gasteiger partial charge is 0.446 e. The van der Waals surface area contributed by atoms with Crippen molar-refractivity contribution >= 4 is 22.9 Å². The summed E-state index contributed by atoms with van der Waals surface area (Å²) in [5.74, 6) is 1.52. The van der Waals surface area contributed by atoms with Crippen molar-refractivity contribution in [2.45, 2.75) is 44.6 Å². The van der Waals surface area contributed by atoms with E-state index in [2.05, 4.69) is 41.7 Å². The fourth-order valence-corrected chi connectivity index (χ4v) is 4.35. The molecule has 3 aromatic heterocycles. The SMILES string of the molecule is CC[C@@H]1C[C@H](OC(=O)NCCCN(C)C)C[C@@H]1c1nnc2cnc3[nH]ccc3n12. The van der Waals surface area contributed by atoms with Crippen molar-refractivity contribution in [1.82, 2.24) is 34.8 Å². The van der Waals surface area contributed by atoms with Crippen molar-refractivity contribution in [1.29, 1.82) is 0 Å². The molecule has 3 aromatic rings. The Morgan fingerprint density at radius 2 is 2.24 bits per heavy atom. The van der Waals surface area contributed by atoms with Crippen molar-refractivity contribution in [3.8, 4) is 0 Å². The van der Waals surface area contributed by atoms with Crippen LogP contribution in [0.4, 0.5) is 4.79 Å². The van der Waals surface area contributed by atoms with E-state index in [0.29, 0.717) is 12.5 Å². The molecule has 9 nitrogen and oxygen atoms in total. The van der Waals surface area contributed by atoms with Crippen LogP contribution in [0.1, 0.15) is 44.3 Å². The molecular weight excluding hydrogens is 370 g/mol. The van der Waals surface area contributed by atoms with Gasteiger partial charge in [0.1, 0.15) is 11.9 Å². The molecule has 2 N–H and O–H groups in total. The minimum Gasteiger partial charge on any atom is -0.446 e. The van der Waals surface area contributed by atoms with E-state index in [9.17, 15) is 4.79 Å². The van der Waals surface area contributed by atoms with E-state index in [1.807, 2.05) is 26.4 Å². The number of nitrogens with one attached hydrogen (secondary N) is 2. The molecule has 156 valence electrons. The van der Waals surface area contributed by atoms with E-state index in [1.54, 1.807) is 6.20 Å². The molecule has 1 amide bonds. The van der Waals surface area contributed by atoms with Crippen molar-refractivity contribution in [3.05, 3.63) is 24.3 Å². The third-order valence-corrected chi connectivity index (χ3v) is 5.80. The Bertz CT molecular complexity index is 980. The molecule has 4 rings (SSSR count). The van der Waals surface area contributed by atoms with E-state index in [-0.39, 0.29) is 18.1 Å². The van der Waals surface area contributed by atoms with Crippen LogP contribution in [0.25, 0.3) is 16.8 Å². The summed E-state index contributed by atoms with van der Waals surface area (Å²) in [6.07, 6.45) is 6.70. The molecule has 9 heteroatoms. The smallest absolute Gasteiger partial charge is 0.407 e. The molecule has 3 heterocycles. The number of aromatic amines is 1. The molecule has 0 aromatic carbocycles. The molecule has 3 atom stereocenters. The van der Waals surface area contributed by atoms with Gasteiger partial charge in [-0.3, -0.25) is 4.40 Å². The molecule has 0 radical (unpaired) electrons. The number of H-pyrrole nitrogens is 1. The van der Waals surface area contributed by atoms with E-state index < -0.39 is 0 Å². The van der Waals surface area contributed by atoms with Gasteiger partial charge in [-0.15, -0.1) is 10.2 Å². The van der Waals surface area contributed by atoms with Crippen LogP contribution in [0.2, 0.25) is 0 Å². The maximum Gasteiger partial charge on any atom is 0.407 e. The topological polar surface area (TPSA) is 100 Å². The van der Waals surface area contributed by atoms with Crippen LogP contribution in [-0.4, -0.2) is 68.8 Å². The van der Waals surface area contributed by atoms with Gasteiger partial charge in [-0.25, -0.2) is 9.78 Å². The summed E-state index contributed by atoms with van der Waals surface area (Å²) in [6.45, 7) is 3.74. The summed E-state index contributed by atoms with van der Waals surface area (Å²) in [4.78, 5) is 21.8. The number of hydrogen-bond acceptors (Lipinski definition) is 6. The number of aromatic nitrogens is 5. The number of rotatable bonds is 7. The summed E-state index contributed by atoms with van der Waals surface area (Å²) >= 11 is 0. The summed E-state index contributed by atoms with van der Waals surface area (Å²) in [7, 11) is 4.04. The number of nitrogens with zero attached hydrogens (tertiary/aromatic N) is 5. The monoisotopic (exact) mass is 399 g/mol. The molecule has 1 aliphatic carbocycles. The summed E-state index contributed by atoms with van der Waals surface area (Å²) in [5, 5.41) is 11.7. The van der Waals surface area contributed by atoms with Crippen LogP contribution in [0.3, 0.4) is 0 Å². The van der Waals surface area contributed by atoms with Crippen LogP contribution in [0.15, 0.2) is 18.5 Å². The molecule has 0 bridgehead atoms. The van der Waals surface area contributed by atoms with E-state index in [0.717, 1.165) is 54.9 Å². The zero-order chi connectivity index (χ0) is 20.4. The number of ether oxygens (including phenoxy) is 1. The van der Waals surface area contributed by atoms with Crippen LogP contribution in [0, 0.1) is 5.92 Å². The zero-order valence-electron chi connectivity index (χ0n) is 17.3. The van der Waals surface area contributed by atoms with E-state index in [1.165, 1.54) is 0 Å². The van der Waals surface area contributed by atoms with Gasteiger partial charge >= 0.3 is 6.09 Å². The predicted molar refractivity (Wildman–Crippen MR) is 110 cm³/mol. The maximum atomic E-state index is 12.2. The van der Waals surface area contributed by atoms with Crippen molar-refractivity contribution in [2.75, 3.05) is 27.2 Å². The molecule has 0 aliphatic heterocycles. The molecule has 1 aliphatic rings. The molecule has 0 unspecified atom stereocenters. The summed E-state index contributed by atoms with van der Waals surface area (Å²) in [5.41, 5.74) is 2.53. The Labute approximate surface area is 169 Å². The van der Waals surface area contributed by atoms with Gasteiger partial charge in [-0.2, -0.15) is 0 Å². The molecule has 0 spiro atoms. The fourth-order valence-electron chi connectivity index (χ4n) is 4.35. The number of carbonyl (C=O) groups is 1. The highest BCUT2D eigenvalue weighted by Crippen LogP contribution is 2.42. The lowest BCUT2D eigenvalue weighted by atomic mass is 9.93. The summed E-state index contributed by atoms with van der Waals surface area (Å²) < 4.78 is 7.80. The van der Waals surface area contributed by atoms with Gasteiger partial charge in [0.25, 0.3) is 0 Å². The molecule has 1 saturated carbocycles. The second-order valence-electron chi connectivity index (χ2n) is 8.08. The predicted octanol–water partition coefficient (Wildman–Crippen LogP) is 2.56. The lowest BCUT2D eigenvalue weighted by molar-refractivity contribution is 0.0979. The maximum absolute atomic E-state index is 12.2. The Morgan fingerprint density at radius 3 is 3.03 bits per heavy atom. The second-order valence-corrected chi connectivity index (χ2v) is 8.08. The first-order valence-corrected chi connectivity index (χ1v) is 10.3. The Balaban J connectivity index is 1.46. The van der Waals surface area contributed by atoms with Gasteiger partial charge in [0, 0.05) is 18.7 Å². The Hall–Kier alpha value is -2.68. The molecule has 1 fully saturated rings. The Kier molecular flexibility index (Phi) is 5.66. The zero-order valence-corrected chi connectivity index (χ0v) is 17.3. The van der Waals surface area contributed by atoms with Crippen molar-refractivity contribution in [3.63, 3.8) is 0 Å². The van der Waals surface area contributed by atoms with Gasteiger partial charge < -0.3 is 19.9 Å². The third kappa shape index (κ3) is 4.05. The summed E-state index contributed by atoms with van der Waals surface area (Å²) in [6, 6.07) is 1.99. The fraction of sp³-hybridized carbons (Fsp3) is 0.600. The molecule has 29 heavy (non-hydrogen) atoms. The van der Waals surface area contributed by atoms with Crippen LogP contribution in [0.5, 0.6) is 0 Å². The lowest BCUT2D eigenvalue weighted by Gasteiger charge is -2.15.